The van der Waals surface area contributed by atoms with Crippen molar-refractivity contribution in [3.8, 4) is 0 Å². The summed E-state index contributed by atoms with van der Waals surface area (Å²) >= 11 is 0. The Bertz CT molecular complexity index is 114. The largest absolute Gasteiger partial charge is 0.394 e. The van der Waals surface area contributed by atoms with E-state index in [1.54, 1.807) is 0 Å². The summed E-state index contributed by atoms with van der Waals surface area (Å²) in [6.07, 6.45) is 1.12. The van der Waals surface area contributed by atoms with Crippen LogP contribution in [0.1, 0.15) is 20.3 Å². The summed E-state index contributed by atoms with van der Waals surface area (Å²) in [5.41, 5.74) is 0. The molecule has 66 valence electrons. The van der Waals surface area contributed by atoms with E-state index < -0.39 is 0 Å². The summed E-state index contributed by atoms with van der Waals surface area (Å²) in [5.74, 6) is 0. The number of hydrogen-bond acceptors (Lipinski definition) is 3. The fourth-order valence-electron chi connectivity index (χ4n) is 1.30. The average Bonchev–Trinajstić information content (AvgIpc) is 2.34. The van der Waals surface area contributed by atoms with Crippen LogP contribution in [-0.4, -0.2) is 36.6 Å². The Hall–Kier alpha value is -0.120. The van der Waals surface area contributed by atoms with Gasteiger partial charge in [0.1, 0.15) is 6.10 Å². The van der Waals surface area contributed by atoms with Gasteiger partial charge in [0.05, 0.1) is 18.8 Å². The molecule has 0 amide bonds. The predicted molar refractivity (Wildman–Crippen MR) is 41.5 cm³/mol. The number of ether oxygens (including phenoxy) is 2. The van der Waals surface area contributed by atoms with E-state index >= 15 is 0 Å². The Morgan fingerprint density at radius 3 is 2.91 bits per heavy atom. The summed E-state index contributed by atoms with van der Waals surface area (Å²) in [5, 5.41) is 8.84. The number of aliphatic hydroxyl groups excluding tert-OH is 1. The van der Waals surface area contributed by atoms with Gasteiger partial charge in [0.15, 0.2) is 0 Å². The van der Waals surface area contributed by atoms with Crippen molar-refractivity contribution in [1.82, 2.24) is 0 Å². The second-order valence-corrected chi connectivity index (χ2v) is 3.10. The van der Waals surface area contributed by atoms with Crippen LogP contribution in [-0.2, 0) is 9.47 Å². The molecule has 3 nitrogen and oxygen atoms in total. The monoisotopic (exact) mass is 160 g/mol. The zero-order chi connectivity index (χ0) is 8.27. The van der Waals surface area contributed by atoms with Crippen molar-refractivity contribution in [1.29, 1.82) is 0 Å². The Morgan fingerprint density at radius 1 is 1.64 bits per heavy atom. The Balaban J connectivity index is 2.31. The van der Waals surface area contributed by atoms with Crippen LogP contribution >= 0.6 is 0 Å². The molecule has 0 spiro atoms. The summed E-state index contributed by atoms with van der Waals surface area (Å²) in [7, 11) is 0. The molecule has 0 radical (unpaired) electrons. The second-order valence-electron chi connectivity index (χ2n) is 3.10. The van der Waals surface area contributed by atoms with Crippen molar-refractivity contribution in [2.45, 2.75) is 38.6 Å². The van der Waals surface area contributed by atoms with E-state index in [0.717, 1.165) is 6.42 Å². The van der Waals surface area contributed by atoms with E-state index in [0.29, 0.717) is 6.61 Å². The number of rotatable bonds is 3. The van der Waals surface area contributed by atoms with Crippen LogP contribution in [0, 0.1) is 0 Å². The molecule has 0 aromatic rings. The smallest absolute Gasteiger partial charge is 0.107 e. The molecule has 0 unspecified atom stereocenters. The minimum atomic E-state index is -0.0996. The van der Waals surface area contributed by atoms with E-state index in [9.17, 15) is 0 Å². The maximum absolute atomic E-state index is 8.84. The van der Waals surface area contributed by atoms with Crippen LogP contribution in [0.25, 0.3) is 0 Å². The van der Waals surface area contributed by atoms with E-state index in [2.05, 4.69) is 0 Å². The van der Waals surface area contributed by atoms with Gasteiger partial charge in [-0.2, -0.15) is 0 Å². The van der Waals surface area contributed by atoms with Gasteiger partial charge in [-0.25, -0.2) is 0 Å². The van der Waals surface area contributed by atoms with Crippen LogP contribution < -0.4 is 0 Å². The Morgan fingerprint density at radius 2 is 2.36 bits per heavy atom. The molecule has 1 heterocycles. The molecule has 1 aliphatic heterocycles. The first-order valence-corrected chi connectivity index (χ1v) is 4.12. The summed E-state index contributed by atoms with van der Waals surface area (Å²) < 4.78 is 10.8. The van der Waals surface area contributed by atoms with Crippen molar-refractivity contribution in [2.75, 3.05) is 13.2 Å². The quantitative estimate of drug-likeness (QED) is 0.655. The molecule has 0 saturated carbocycles. The van der Waals surface area contributed by atoms with E-state index in [4.69, 9.17) is 14.6 Å². The van der Waals surface area contributed by atoms with Gasteiger partial charge in [-0.05, 0) is 20.3 Å². The summed E-state index contributed by atoms with van der Waals surface area (Å²) in [4.78, 5) is 0. The Labute approximate surface area is 67.3 Å². The third-order valence-electron chi connectivity index (χ3n) is 1.78. The molecule has 1 fully saturated rings. The molecule has 0 aliphatic carbocycles. The van der Waals surface area contributed by atoms with Gasteiger partial charge < -0.3 is 14.6 Å². The third-order valence-corrected chi connectivity index (χ3v) is 1.78. The van der Waals surface area contributed by atoms with Gasteiger partial charge in [0, 0.05) is 6.61 Å². The lowest BCUT2D eigenvalue weighted by Gasteiger charge is -2.19. The maximum Gasteiger partial charge on any atom is 0.107 e. The lowest BCUT2D eigenvalue weighted by Crippen LogP contribution is -2.29. The minimum Gasteiger partial charge on any atom is -0.394 e. The highest BCUT2D eigenvalue weighted by Gasteiger charge is 2.28. The number of hydrogen-bond donors (Lipinski definition) is 1. The molecule has 0 aromatic carbocycles. The summed E-state index contributed by atoms with van der Waals surface area (Å²) in [6, 6.07) is 0. The third kappa shape index (κ3) is 2.43. The van der Waals surface area contributed by atoms with Crippen LogP contribution in [0.15, 0.2) is 0 Å². The van der Waals surface area contributed by atoms with Crippen LogP contribution in [0.2, 0.25) is 0 Å². The van der Waals surface area contributed by atoms with Gasteiger partial charge in [-0.3, -0.25) is 0 Å². The SMILES string of the molecule is CC(C)O[C@H]1CCO[C@@H]1CO. The van der Waals surface area contributed by atoms with Crippen molar-refractivity contribution in [3.63, 3.8) is 0 Å². The topological polar surface area (TPSA) is 38.7 Å². The zero-order valence-electron chi connectivity index (χ0n) is 7.12. The molecule has 0 aromatic heterocycles. The molecule has 11 heavy (non-hydrogen) atoms. The fourth-order valence-corrected chi connectivity index (χ4v) is 1.30. The molecular weight excluding hydrogens is 144 g/mol. The van der Waals surface area contributed by atoms with Gasteiger partial charge in [-0.1, -0.05) is 0 Å². The standard InChI is InChI=1S/C8H16O3/c1-6(2)11-7-3-4-10-8(7)5-9/h6-9H,3-5H2,1-2H3/t7-,8+/m0/s1. The lowest BCUT2D eigenvalue weighted by atomic mass is 10.2. The lowest BCUT2D eigenvalue weighted by molar-refractivity contribution is -0.0554. The molecule has 1 rings (SSSR count). The predicted octanol–water partition coefficient (Wildman–Crippen LogP) is 0.561. The molecule has 1 aliphatic rings. The average molecular weight is 160 g/mol. The van der Waals surface area contributed by atoms with Crippen molar-refractivity contribution >= 4 is 0 Å². The highest BCUT2D eigenvalue weighted by Crippen LogP contribution is 2.17. The Kier molecular flexibility index (Phi) is 3.30. The van der Waals surface area contributed by atoms with E-state index in [1.165, 1.54) is 0 Å². The van der Waals surface area contributed by atoms with Crippen molar-refractivity contribution < 1.29 is 14.6 Å². The van der Waals surface area contributed by atoms with E-state index in [1.807, 2.05) is 13.8 Å². The molecule has 3 heteroatoms. The van der Waals surface area contributed by atoms with Gasteiger partial charge >= 0.3 is 0 Å². The van der Waals surface area contributed by atoms with Crippen molar-refractivity contribution in [2.24, 2.45) is 0 Å². The van der Waals surface area contributed by atoms with Crippen LogP contribution in [0.4, 0.5) is 0 Å². The first-order valence-electron chi connectivity index (χ1n) is 4.12. The number of aliphatic hydroxyl groups is 1. The molecule has 0 bridgehead atoms. The van der Waals surface area contributed by atoms with Crippen molar-refractivity contribution in [3.05, 3.63) is 0 Å². The van der Waals surface area contributed by atoms with Gasteiger partial charge in [0.2, 0.25) is 0 Å². The maximum atomic E-state index is 8.84. The normalized spacial score (nSPS) is 31.6. The molecule has 2 atom stereocenters. The highest BCUT2D eigenvalue weighted by molar-refractivity contribution is 4.76. The second kappa shape index (κ2) is 4.04. The first kappa shape index (κ1) is 8.97. The van der Waals surface area contributed by atoms with Gasteiger partial charge in [-0.15, -0.1) is 0 Å². The minimum absolute atomic E-state index is 0.0669. The fraction of sp³-hybridized carbons (Fsp3) is 1.00. The molecule has 1 N–H and O–H groups in total. The highest BCUT2D eigenvalue weighted by atomic mass is 16.6. The van der Waals surface area contributed by atoms with Crippen LogP contribution in [0.3, 0.4) is 0 Å². The summed E-state index contributed by atoms with van der Waals surface area (Å²) in [6.45, 7) is 4.76. The molecular formula is C8H16O3. The molecule has 1 saturated heterocycles. The first-order chi connectivity index (χ1) is 5.24. The zero-order valence-corrected chi connectivity index (χ0v) is 7.12. The van der Waals surface area contributed by atoms with E-state index in [-0.39, 0.29) is 24.9 Å². The van der Waals surface area contributed by atoms with Gasteiger partial charge in [0.25, 0.3) is 0 Å². The van der Waals surface area contributed by atoms with Crippen LogP contribution in [0.5, 0.6) is 0 Å².